The summed E-state index contributed by atoms with van der Waals surface area (Å²) in [5.74, 6) is 1.25. The molecule has 0 fully saturated rings. The van der Waals surface area contributed by atoms with Crippen LogP contribution in [0.5, 0.6) is 11.5 Å². The third kappa shape index (κ3) is 5.23. The molecule has 0 saturated carbocycles. The lowest BCUT2D eigenvalue weighted by molar-refractivity contribution is -0.133. The molecule has 0 spiro atoms. The fraction of sp³-hybridized carbons (Fsp3) is 0.375. The van der Waals surface area contributed by atoms with Crippen molar-refractivity contribution in [3.05, 3.63) is 53.6 Å². The molecule has 7 nitrogen and oxygen atoms in total. The minimum absolute atomic E-state index is 0.0147. The molecule has 7 heteroatoms. The third-order valence-electron chi connectivity index (χ3n) is 5.36. The van der Waals surface area contributed by atoms with Gasteiger partial charge in [0.1, 0.15) is 0 Å². The summed E-state index contributed by atoms with van der Waals surface area (Å²) in [6.07, 6.45) is 1.62. The lowest BCUT2D eigenvalue weighted by atomic mass is 9.89. The zero-order valence-corrected chi connectivity index (χ0v) is 18.5. The molecule has 164 valence electrons. The zero-order valence-electron chi connectivity index (χ0n) is 18.5. The maximum absolute atomic E-state index is 12.8. The van der Waals surface area contributed by atoms with E-state index in [1.54, 1.807) is 21.1 Å². The van der Waals surface area contributed by atoms with Crippen LogP contribution in [0.25, 0.3) is 0 Å². The first-order valence-electron chi connectivity index (χ1n) is 10.5. The number of hydrogen-bond donors (Lipinski definition) is 1. The Labute approximate surface area is 183 Å². The first-order chi connectivity index (χ1) is 15.0. The van der Waals surface area contributed by atoms with E-state index in [0.29, 0.717) is 36.6 Å². The lowest BCUT2D eigenvalue weighted by Crippen LogP contribution is -2.36. The van der Waals surface area contributed by atoms with Gasteiger partial charge in [0.2, 0.25) is 11.8 Å². The molecule has 1 heterocycles. The van der Waals surface area contributed by atoms with Crippen molar-refractivity contribution in [2.75, 3.05) is 19.5 Å². The summed E-state index contributed by atoms with van der Waals surface area (Å²) < 4.78 is 10.8. The van der Waals surface area contributed by atoms with Crippen LogP contribution in [0.3, 0.4) is 0 Å². The number of anilines is 1. The van der Waals surface area contributed by atoms with Gasteiger partial charge < -0.3 is 14.8 Å². The van der Waals surface area contributed by atoms with Crippen LogP contribution in [0.1, 0.15) is 44.2 Å². The number of methoxy groups -OCH3 is 2. The number of benzene rings is 2. The Hall–Kier alpha value is -3.35. The van der Waals surface area contributed by atoms with E-state index in [1.165, 1.54) is 5.01 Å². The Bertz CT molecular complexity index is 987. The smallest absolute Gasteiger partial charge is 0.243 e. The predicted molar refractivity (Wildman–Crippen MR) is 120 cm³/mol. The molecule has 1 N–H and O–H groups in total. The summed E-state index contributed by atoms with van der Waals surface area (Å²) in [7, 11) is 3.20. The van der Waals surface area contributed by atoms with Crippen LogP contribution in [0.2, 0.25) is 0 Å². The number of ether oxygens (including phenoxy) is 2. The summed E-state index contributed by atoms with van der Waals surface area (Å²) in [5, 5.41) is 9.10. The van der Waals surface area contributed by atoms with Crippen molar-refractivity contribution in [3.63, 3.8) is 0 Å². The van der Waals surface area contributed by atoms with Crippen molar-refractivity contribution in [3.8, 4) is 11.5 Å². The number of rotatable bonds is 8. The molecule has 1 unspecified atom stereocenters. The highest BCUT2D eigenvalue weighted by Gasteiger charge is 2.29. The summed E-state index contributed by atoms with van der Waals surface area (Å²) >= 11 is 0. The average Bonchev–Trinajstić information content (AvgIpc) is 2.79. The Morgan fingerprint density at radius 1 is 1.13 bits per heavy atom. The quantitative estimate of drug-likeness (QED) is 0.690. The highest BCUT2D eigenvalue weighted by molar-refractivity contribution is 6.06. The molecule has 1 aliphatic rings. The van der Waals surface area contributed by atoms with Crippen molar-refractivity contribution in [2.45, 2.75) is 39.7 Å². The van der Waals surface area contributed by atoms with E-state index < -0.39 is 0 Å². The number of nitrogens with zero attached hydrogens (tertiary/aromatic N) is 2. The summed E-state index contributed by atoms with van der Waals surface area (Å²) in [6, 6.07) is 13.2. The van der Waals surface area contributed by atoms with Gasteiger partial charge in [0, 0.05) is 30.0 Å². The van der Waals surface area contributed by atoms with Crippen LogP contribution in [-0.2, 0) is 16.1 Å². The van der Waals surface area contributed by atoms with Gasteiger partial charge in [-0.1, -0.05) is 26.0 Å². The fourth-order valence-corrected chi connectivity index (χ4v) is 3.60. The molecule has 0 aromatic heterocycles. The number of amides is 2. The van der Waals surface area contributed by atoms with Crippen LogP contribution in [0.15, 0.2) is 47.6 Å². The second-order valence-electron chi connectivity index (χ2n) is 7.42. The highest BCUT2D eigenvalue weighted by Crippen LogP contribution is 2.31. The second kappa shape index (κ2) is 10.1. The SMILES string of the molecule is CCC(=O)Nc1cccc(CN2N=C(c3ccc(OC)c(OC)c3)C(CC)CC2=O)c1. The van der Waals surface area contributed by atoms with E-state index in [4.69, 9.17) is 14.6 Å². The summed E-state index contributed by atoms with van der Waals surface area (Å²) in [5.41, 5.74) is 3.38. The topological polar surface area (TPSA) is 80.2 Å². The number of hydrogen-bond acceptors (Lipinski definition) is 5. The molecule has 1 atom stereocenters. The van der Waals surface area contributed by atoms with Crippen LogP contribution in [0, 0.1) is 5.92 Å². The van der Waals surface area contributed by atoms with E-state index in [1.807, 2.05) is 42.5 Å². The maximum Gasteiger partial charge on any atom is 0.243 e. The predicted octanol–water partition coefficient (Wildman–Crippen LogP) is 4.22. The fourth-order valence-electron chi connectivity index (χ4n) is 3.60. The van der Waals surface area contributed by atoms with Crippen molar-refractivity contribution in [1.29, 1.82) is 0 Å². The Morgan fingerprint density at radius 3 is 2.58 bits per heavy atom. The summed E-state index contributed by atoms with van der Waals surface area (Å²) in [6.45, 7) is 4.20. The molecular formula is C24H29N3O4. The van der Waals surface area contributed by atoms with Gasteiger partial charge in [-0.3, -0.25) is 9.59 Å². The van der Waals surface area contributed by atoms with Crippen LogP contribution in [-0.4, -0.2) is 36.8 Å². The van der Waals surface area contributed by atoms with Gasteiger partial charge >= 0.3 is 0 Å². The Kier molecular flexibility index (Phi) is 7.28. The van der Waals surface area contributed by atoms with Gasteiger partial charge in [-0.15, -0.1) is 0 Å². The zero-order chi connectivity index (χ0) is 22.4. The van der Waals surface area contributed by atoms with Crippen LogP contribution in [0.4, 0.5) is 5.69 Å². The summed E-state index contributed by atoms with van der Waals surface area (Å²) in [4.78, 5) is 24.5. The van der Waals surface area contributed by atoms with E-state index in [9.17, 15) is 9.59 Å². The molecule has 0 radical (unpaired) electrons. The van der Waals surface area contributed by atoms with Crippen molar-refractivity contribution < 1.29 is 19.1 Å². The number of carbonyl (C=O) groups is 2. The maximum atomic E-state index is 12.8. The molecule has 2 amide bonds. The number of hydrazone groups is 1. The number of nitrogens with one attached hydrogen (secondary N) is 1. The van der Waals surface area contributed by atoms with Gasteiger partial charge in [0.15, 0.2) is 11.5 Å². The lowest BCUT2D eigenvalue weighted by Gasteiger charge is -2.29. The van der Waals surface area contributed by atoms with Gasteiger partial charge in [-0.05, 0) is 42.3 Å². The van der Waals surface area contributed by atoms with Crippen LogP contribution < -0.4 is 14.8 Å². The third-order valence-corrected chi connectivity index (χ3v) is 5.36. The normalized spacial score (nSPS) is 16.0. The van der Waals surface area contributed by atoms with Gasteiger partial charge in [0.25, 0.3) is 0 Å². The minimum Gasteiger partial charge on any atom is -0.493 e. The van der Waals surface area contributed by atoms with Crippen molar-refractivity contribution in [1.82, 2.24) is 5.01 Å². The van der Waals surface area contributed by atoms with Crippen molar-refractivity contribution in [2.24, 2.45) is 11.0 Å². The first kappa shape index (κ1) is 22.3. The van der Waals surface area contributed by atoms with Gasteiger partial charge in [-0.25, -0.2) is 5.01 Å². The van der Waals surface area contributed by atoms with Crippen LogP contribution >= 0.6 is 0 Å². The Balaban J connectivity index is 1.90. The number of carbonyl (C=O) groups excluding carboxylic acids is 2. The second-order valence-corrected chi connectivity index (χ2v) is 7.42. The average molecular weight is 424 g/mol. The molecule has 2 aromatic carbocycles. The van der Waals surface area contributed by atoms with E-state index in [0.717, 1.165) is 23.3 Å². The van der Waals surface area contributed by atoms with Gasteiger partial charge in [-0.2, -0.15) is 5.10 Å². The first-order valence-corrected chi connectivity index (χ1v) is 10.5. The Morgan fingerprint density at radius 2 is 1.90 bits per heavy atom. The van der Waals surface area contributed by atoms with E-state index in [-0.39, 0.29) is 17.7 Å². The molecule has 31 heavy (non-hydrogen) atoms. The van der Waals surface area contributed by atoms with Gasteiger partial charge in [0.05, 0.1) is 26.5 Å². The van der Waals surface area contributed by atoms with E-state index in [2.05, 4.69) is 12.2 Å². The minimum atomic E-state index is -0.0502. The molecule has 2 aromatic rings. The molecule has 0 saturated heterocycles. The molecular weight excluding hydrogens is 394 g/mol. The molecule has 3 rings (SSSR count). The highest BCUT2D eigenvalue weighted by atomic mass is 16.5. The molecule has 1 aliphatic heterocycles. The molecule has 0 aliphatic carbocycles. The van der Waals surface area contributed by atoms with Crippen molar-refractivity contribution >= 4 is 23.2 Å². The van der Waals surface area contributed by atoms with E-state index >= 15 is 0 Å². The molecule has 0 bridgehead atoms. The monoisotopic (exact) mass is 423 g/mol. The largest absolute Gasteiger partial charge is 0.493 e. The standard InChI is InChI=1S/C24H29N3O4/c1-5-17-14-23(29)27(15-16-8-7-9-19(12-16)25-22(28)6-2)26-24(17)18-10-11-20(30-3)21(13-18)31-4/h7-13,17H,5-6,14-15H2,1-4H3,(H,25,28).